The molecule has 7 rings (SSSR count). The fourth-order valence-electron chi connectivity index (χ4n) is 6.45. The van der Waals surface area contributed by atoms with Crippen LogP contribution in [0.15, 0.2) is 78.9 Å². The molecule has 0 aromatic heterocycles. The number of amides is 2. The number of benzene rings is 3. The third-order valence-electron chi connectivity index (χ3n) is 7.91. The number of fused-ring (bicyclic) bond motifs is 5. The SMILES string of the molecule is O=C1[C@@H]2[C@H](C(=O)N1c1ccccc1)C1(NC23C(=O)c2ccccc2C3=O)C(=O)c2ccccc2C1=O. The standard InChI is InChI=1S/C28H16N2O6/c31-21-15-10-4-5-11-16(15)22(32)27(21)19-20(26(36)30(25(19)35)14-8-2-1-3-9-14)28(29-27)23(33)17-12-6-7-13-18(17)24(28)34/h1-13,19-20,29H/t19-,20+. The molecule has 36 heavy (non-hydrogen) atoms. The zero-order valence-electron chi connectivity index (χ0n) is 18.6. The van der Waals surface area contributed by atoms with Crippen LogP contribution < -0.4 is 10.2 Å². The van der Waals surface area contributed by atoms with E-state index in [1.807, 2.05) is 0 Å². The second-order valence-corrected chi connectivity index (χ2v) is 9.45. The number of anilines is 1. The van der Waals surface area contributed by atoms with Gasteiger partial charge in [0.25, 0.3) is 0 Å². The highest BCUT2D eigenvalue weighted by Crippen LogP contribution is 2.56. The second kappa shape index (κ2) is 6.56. The summed E-state index contributed by atoms with van der Waals surface area (Å²) in [4.78, 5) is 84.5. The lowest BCUT2D eigenvalue weighted by molar-refractivity contribution is -0.123. The first kappa shape index (κ1) is 20.8. The summed E-state index contributed by atoms with van der Waals surface area (Å²) in [6.07, 6.45) is 0. The smallest absolute Gasteiger partial charge is 0.240 e. The molecule has 2 heterocycles. The maximum Gasteiger partial charge on any atom is 0.240 e. The molecule has 2 spiro atoms. The van der Waals surface area contributed by atoms with E-state index in [1.165, 1.54) is 24.3 Å². The van der Waals surface area contributed by atoms with E-state index in [1.54, 1.807) is 54.6 Å². The average Bonchev–Trinajstić information content (AvgIpc) is 3.52. The lowest BCUT2D eigenvalue weighted by Crippen LogP contribution is -2.65. The molecule has 3 aromatic rings. The van der Waals surface area contributed by atoms with Gasteiger partial charge in [0, 0.05) is 22.3 Å². The van der Waals surface area contributed by atoms with E-state index in [2.05, 4.69) is 5.32 Å². The average molecular weight is 476 g/mol. The van der Waals surface area contributed by atoms with Crippen molar-refractivity contribution in [3.05, 3.63) is 101 Å². The van der Waals surface area contributed by atoms with Gasteiger partial charge >= 0.3 is 0 Å². The van der Waals surface area contributed by atoms with Gasteiger partial charge in [0.15, 0.2) is 34.2 Å². The van der Waals surface area contributed by atoms with Crippen molar-refractivity contribution < 1.29 is 28.8 Å². The molecule has 174 valence electrons. The normalized spacial score (nSPS) is 24.7. The summed E-state index contributed by atoms with van der Waals surface area (Å²) in [6.45, 7) is 0. The highest BCUT2D eigenvalue weighted by atomic mass is 16.2. The predicted molar refractivity (Wildman–Crippen MR) is 125 cm³/mol. The zero-order chi connectivity index (χ0) is 25.0. The van der Waals surface area contributed by atoms with E-state index in [0.29, 0.717) is 0 Å². The molecule has 0 bridgehead atoms. The fourth-order valence-corrected chi connectivity index (χ4v) is 6.45. The Labute approximate surface area is 203 Å². The van der Waals surface area contributed by atoms with Gasteiger partial charge in [0.1, 0.15) is 0 Å². The third-order valence-corrected chi connectivity index (χ3v) is 7.91. The first-order valence-electron chi connectivity index (χ1n) is 11.4. The minimum absolute atomic E-state index is 0.0830. The fraction of sp³-hybridized carbons (Fsp3) is 0.143. The Hall–Kier alpha value is -4.56. The number of carbonyl (C=O) groups excluding carboxylic acids is 6. The minimum Gasteiger partial charge on any atom is -0.291 e. The quantitative estimate of drug-likeness (QED) is 0.422. The van der Waals surface area contributed by atoms with E-state index in [-0.39, 0.29) is 27.9 Å². The lowest BCUT2D eigenvalue weighted by Gasteiger charge is -2.31. The number of hydrogen-bond donors (Lipinski definition) is 1. The van der Waals surface area contributed by atoms with E-state index in [9.17, 15) is 28.8 Å². The van der Waals surface area contributed by atoms with Gasteiger partial charge in [0.05, 0.1) is 17.5 Å². The summed E-state index contributed by atoms with van der Waals surface area (Å²) in [6, 6.07) is 20.3. The van der Waals surface area contributed by atoms with E-state index >= 15 is 0 Å². The van der Waals surface area contributed by atoms with Crippen LogP contribution in [-0.2, 0) is 9.59 Å². The Morgan fingerprint density at radius 1 is 0.500 bits per heavy atom. The Kier molecular flexibility index (Phi) is 3.78. The molecule has 3 aromatic carbocycles. The molecular weight excluding hydrogens is 460 g/mol. The van der Waals surface area contributed by atoms with Crippen molar-refractivity contribution in [2.45, 2.75) is 11.1 Å². The maximum absolute atomic E-state index is 14.0. The molecule has 2 fully saturated rings. The number of hydrogen-bond acceptors (Lipinski definition) is 7. The van der Waals surface area contributed by atoms with Crippen molar-refractivity contribution in [1.29, 1.82) is 0 Å². The second-order valence-electron chi connectivity index (χ2n) is 9.45. The molecule has 0 saturated carbocycles. The summed E-state index contributed by atoms with van der Waals surface area (Å²) < 4.78 is 0. The van der Waals surface area contributed by atoms with Crippen molar-refractivity contribution in [2.75, 3.05) is 4.90 Å². The maximum atomic E-state index is 14.0. The van der Waals surface area contributed by atoms with Gasteiger partial charge in [-0.05, 0) is 12.1 Å². The van der Waals surface area contributed by atoms with Crippen LogP contribution in [0.2, 0.25) is 0 Å². The lowest BCUT2D eigenvalue weighted by atomic mass is 9.73. The number of para-hydroxylation sites is 1. The number of ketones is 4. The van der Waals surface area contributed by atoms with E-state index < -0.39 is 57.9 Å². The van der Waals surface area contributed by atoms with Gasteiger partial charge < -0.3 is 0 Å². The molecule has 8 heteroatoms. The van der Waals surface area contributed by atoms with E-state index in [4.69, 9.17) is 0 Å². The minimum atomic E-state index is -2.25. The Morgan fingerprint density at radius 3 is 1.19 bits per heavy atom. The summed E-state index contributed by atoms with van der Waals surface area (Å²) in [5, 5.41) is 2.80. The Morgan fingerprint density at radius 2 is 0.833 bits per heavy atom. The van der Waals surface area contributed by atoms with Crippen molar-refractivity contribution in [3.63, 3.8) is 0 Å². The largest absolute Gasteiger partial charge is 0.291 e. The summed E-state index contributed by atoms with van der Waals surface area (Å²) in [7, 11) is 0. The van der Waals surface area contributed by atoms with Gasteiger partial charge in [0.2, 0.25) is 11.8 Å². The Bertz CT molecular complexity index is 1440. The van der Waals surface area contributed by atoms with Crippen molar-refractivity contribution in [3.8, 4) is 0 Å². The van der Waals surface area contributed by atoms with Crippen LogP contribution in [-0.4, -0.2) is 46.0 Å². The zero-order valence-corrected chi connectivity index (χ0v) is 18.6. The number of imide groups is 1. The number of rotatable bonds is 1. The molecule has 8 nitrogen and oxygen atoms in total. The van der Waals surface area contributed by atoms with Gasteiger partial charge in [-0.3, -0.25) is 34.1 Å². The number of nitrogens with one attached hydrogen (secondary N) is 1. The number of nitrogens with zero attached hydrogens (tertiary/aromatic N) is 1. The van der Waals surface area contributed by atoms with Crippen LogP contribution in [0.3, 0.4) is 0 Å². The van der Waals surface area contributed by atoms with Crippen molar-refractivity contribution >= 4 is 40.6 Å². The van der Waals surface area contributed by atoms with Crippen LogP contribution in [0.4, 0.5) is 5.69 Å². The topological polar surface area (TPSA) is 118 Å². The first-order chi connectivity index (χ1) is 17.4. The molecule has 0 unspecified atom stereocenters. The number of Topliss-reactive ketones (excluding diaryl/α,β-unsaturated/α-hetero) is 4. The van der Waals surface area contributed by atoms with Crippen LogP contribution >= 0.6 is 0 Å². The van der Waals surface area contributed by atoms with Crippen LogP contribution in [0.1, 0.15) is 41.4 Å². The molecule has 2 atom stereocenters. The Balaban J connectivity index is 1.51. The molecule has 1 N–H and O–H groups in total. The summed E-state index contributed by atoms with van der Waals surface area (Å²) in [5.41, 5.74) is -3.94. The first-order valence-corrected chi connectivity index (χ1v) is 11.4. The monoisotopic (exact) mass is 476 g/mol. The summed E-state index contributed by atoms with van der Waals surface area (Å²) in [5.74, 6) is -7.62. The highest BCUT2D eigenvalue weighted by molar-refractivity contribution is 6.43. The van der Waals surface area contributed by atoms with Crippen LogP contribution in [0, 0.1) is 11.8 Å². The molecule has 2 aliphatic heterocycles. The van der Waals surface area contributed by atoms with Crippen LogP contribution in [0.5, 0.6) is 0 Å². The van der Waals surface area contributed by atoms with Gasteiger partial charge in [-0.15, -0.1) is 0 Å². The molecule has 0 radical (unpaired) electrons. The highest BCUT2D eigenvalue weighted by Gasteiger charge is 2.81. The summed E-state index contributed by atoms with van der Waals surface area (Å²) >= 11 is 0. The van der Waals surface area contributed by atoms with Crippen molar-refractivity contribution in [1.82, 2.24) is 5.32 Å². The third kappa shape index (κ3) is 2.06. The van der Waals surface area contributed by atoms with E-state index in [0.717, 1.165) is 4.90 Å². The molecule has 2 saturated heterocycles. The predicted octanol–water partition coefficient (Wildman–Crippen LogP) is 2.03. The number of carbonyl (C=O) groups is 6. The van der Waals surface area contributed by atoms with Crippen molar-refractivity contribution in [2.24, 2.45) is 11.8 Å². The van der Waals surface area contributed by atoms with Gasteiger partial charge in [-0.25, -0.2) is 4.90 Å². The van der Waals surface area contributed by atoms with Crippen LogP contribution in [0.25, 0.3) is 0 Å². The van der Waals surface area contributed by atoms with Gasteiger partial charge in [-0.2, -0.15) is 0 Å². The molecule has 2 amide bonds. The van der Waals surface area contributed by atoms with Gasteiger partial charge in [-0.1, -0.05) is 66.7 Å². The molecule has 2 aliphatic carbocycles. The molecule has 4 aliphatic rings. The molecular formula is C28H16N2O6.